The van der Waals surface area contributed by atoms with E-state index in [-0.39, 0.29) is 17.4 Å². The van der Waals surface area contributed by atoms with Crippen molar-refractivity contribution in [1.29, 1.82) is 0 Å². The minimum atomic E-state index is -0.410. The fourth-order valence-electron chi connectivity index (χ4n) is 3.30. The molecular weight excluding hydrogens is 352 g/mol. The van der Waals surface area contributed by atoms with E-state index in [1.165, 1.54) is 11.0 Å². The van der Waals surface area contributed by atoms with Crippen LogP contribution in [0.15, 0.2) is 72.8 Å². The molecule has 28 heavy (non-hydrogen) atoms. The maximum Gasteiger partial charge on any atom is 0.266 e. The summed E-state index contributed by atoms with van der Waals surface area (Å²) in [5.74, 6) is -1.07. The van der Waals surface area contributed by atoms with Crippen molar-refractivity contribution in [2.75, 3.05) is 4.90 Å². The van der Waals surface area contributed by atoms with Crippen LogP contribution in [-0.2, 0) is 6.54 Å². The Morgan fingerprint density at radius 3 is 2.29 bits per heavy atom. The smallest absolute Gasteiger partial charge is 0.266 e. The highest BCUT2D eigenvalue weighted by Gasteiger charge is 2.37. The molecule has 5 heteroatoms. The summed E-state index contributed by atoms with van der Waals surface area (Å²) in [5.41, 5.74) is 3.28. The molecule has 138 valence electrons. The summed E-state index contributed by atoms with van der Waals surface area (Å²) in [6.07, 6.45) is 0. The molecule has 3 aromatic rings. The van der Waals surface area contributed by atoms with Gasteiger partial charge in [-0.1, -0.05) is 48.5 Å². The summed E-state index contributed by atoms with van der Waals surface area (Å²) in [6.45, 7) is 2.24. The molecule has 0 saturated heterocycles. The fourth-order valence-corrected chi connectivity index (χ4v) is 3.30. The number of anilines is 1. The van der Waals surface area contributed by atoms with Crippen molar-refractivity contribution in [2.45, 2.75) is 13.5 Å². The van der Waals surface area contributed by atoms with E-state index in [1.54, 1.807) is 24.3 Å². The number of para-hydroxylation sites is 1. The summed E-state index contributed by atoms with van der Waals surface area (Å²) in [7, 11) is 0. The summed E-state index contributed by atoms with van der Waals surface area (Å²) >= 11 is 0. The Hall–Kier alpha value is -3.73. The average molecular weight is 370 g/mol. The number of aryl methyl sites for hydroxylation is 1. The molecule has 1 aliphatic heterocycles. The van der Waals surface area contributed by atoms with Crippen molar-refractivity contribution in [1.82, 2.24) is 5.32 Å². The number of rotatable bonds is 4. The van der Waals surface area contributed by atoms with Gasteiger partial charge in [0.05, 0.1) is 16.8 Å². The molecular formula is C23H18N2O3. The molecule has 3 amide bonds. The second kappa shape index (κ2) is 7.12. The summed E-state index contributed by atoms with van der Waals surface area (Å²) in [4.78, 5) is 39.3. The van der Waals surface area contributed by atoms with Gasteiger partial charge in [-0.3, -0.25) is 14.4 Å². The van der Waals surface area contributed by atoms with Gasteiger partial charge < -0.3 is 5.32 Å². The SMILES string of the molecule is Cc1ccccc1N1C(=O)c2ccc(C(=O)NCc3ccccc3)cc2C1=O. The van der Waals surface area contributed by atoms with Crippen LogP contribution in [0.5, 0.6) is 0 Å². The molecule has 4 rings (SSSR count). The maximum atomic E-state index is 12.9. The maximum absolute atomic E-state index is 12.9. The number of imide groups is 1. The van der Waals surface area contributed by atoms with Gasteiger partial charge in [0.25, 0.3) is 17.7 Å². The first kappa shape index (κ1) is 17.7. The zero-order valence-electron chi connectivity index (χ0n) is 15.3. The Kier molecular flexibility index (Phi) is 4.49. The number of nitrogens with one attached hydrogen (secondary N) is 1. The van der Waals surface area contributed by atoms with Crippen LogP contribution < -0.4 is 10.2 Å². The van der Waals surface area contributed by atoms with Crippen LogP contribution in [-0.4, -0.2) is 17.7 Å². The first-order valence-corrected chi connectivity index (χ1v) is 8.97. The third-order valence-corrected chi connectivity index (χ3v) is 4.80. The predicted octanol–water partition coefficient (Wildman–Crippen LogP) is 3.73. The molecule has 0 unspecified atom stereocenters. The number of carbonyl (C=O) groups is 3. The van der Waals surface area contributed by atoms with Crippen molar-refractivity contribution in [3.63, 3.8) is 0 Å². The molecule has 0 aromatic heterocycles. The number of nitrogens with zero attached hydrogens (tertiary/aromatic N) is 1. The second-order valence-electron chi connectivity index (χ2n) is 6.66. The number of carbonyl (C=O) groups excluding carboxylic acids is 3. The lowest BCUT2D eigenvalue weighted by molar-refractivity contribution is 0.0923. The Morgan fingerprint density at radius 1 is 0.857 bits per heavy atom. The fraction of sp³-hybridized carbons (Fsp3) is 0.0870. The predicted molar refractivity (Wildman–Crippen MR) is 106 cm³/mol. The van der Waals surface area contributed by atoms with Crippen LogP contribution in [0.4, 0.5) is 5.69 Å². The third-order valence-electron chi connectivity index (χ3n) is 4.80. The van der Waals surface area contributed by atoms with E-state index in [2.05, 4.69) is 5.32 Å². The quantitative estimate of drug-likeness (QED) is 0.712. The molecule has 1 aliphatic rings. The van der Waals surface area contributed by atoms with E-state index in [0.29, 0.717) is 23.4 Å². The van der Waals surface area contributed by atoms with Crippen LogP contribution in [0.2, 0.25) is 0 Å². The van der Waals surface area contributed by atoms with E-state index in [9.17, 15) is 14.4 Å². The lowest BCUT2D eigenvalue weighted by Crippen LogP contribution is -2.30. The van der Waals surface area contributed by atoms with Gasteiger partial charge in [0.15, 0.2) is 0 Å². The van der Waals surface area contributed by atoms with Crippen LogP contribution in [0.1, 0.15) is 42.2 Å². The highest BCUT2D eigenvalue weighted by molar-refractivity contribution is 6.35. The molecule has 3 aromatic carbocycles. The Balaban J connectivity index is 1.58. The van der Waals surface area contributed by atoms with Gasteiger partial charge in [-0.05, 0) is 42.3 Å². The lowest BCUT2D eigenvalue weighted by atomic mass is 10.1. The molecule has 0 fully saturated rings. The molecule has 0 atom stereocenters. The number of amides is 3. The van der Waals surface area contributed by atoms with E-state index < -0.39 is 5.91 Å². The standard InChI is InChI=1S/C23H18N2O3/c1-15-7-5-6-10-20(15)25-22(27)18-12-11-17(13-19(18)23(25)28)21(26)24-14-16-8-3-2-4-9-16/h2-13H,14H2,1H3,(H,24,26). The highest BCUT2D eigenvalue weighted by Crippen LogP contribution is 2.30. The lowest BCUT2D eigenvalue weighted by Gasteiger charge is -2.16. The van der Waals surface area contributed by atoms with E-state index in [0.717, 1.165) is 11.1 Å². The zero-order valence-corrected chi connectivity index (χ0v) is 15.3. The first-order valence-electron chi connectivity index (χ1n) is 8.97. The van der Waals surface area contributed by atoms with Gasteiger partial charge in [-0.15, -0.1) is 0 Å². The molecule has 0 radical (unpaired) electrons. The van der Waals surface area contributed by atoms with Crippen molar-refractivity contribution >= 4 is 23.4 Å². The van der Waals surface area contributed by atoms with Crippen LogP contribution in [0.25, 0.3) is 0 Å². The Morgan fingerprint density at radius 2 is 1.54 bits per heavy atom. The summed E-state index contributed by atoms with van der Waals surface area (Å²) in [5, 5.41) is 2.84. The van der Waals surface area contributed by atoms with Crippen molar-refractivity contribution in [2.24, 2.45) is 0 Å². The molecule has 1 heterocycles. The average Bonchev–Trinajstić information content (AvgIpc) is 2.97. The molecule has 1 N–H and O–H groups in total. The van der Waals surface area contributed by atoms with Gasteiger partial charge in [-0.2, -0.15) is 0 Å². The molecule has 0 bridgehead atoms. The highest BCUT2D eigenvalue weighted by atomic mass is 16.2. The van der Waals surface area contributed by atoms with Crippen molar-refractivity contribution in [3.8, 4) is 0 Å². The minimum absolute atomic E-state index is 0.251. The zero-order chi connectivity index (χ0) is 19.7. The molecule has 0 spiro atoms. The van der Waals surface area contributed by atoms with Gasteiger partial charge >= 0.3 is 0 Å². The molecule has 0 aliphatic carbocycles. The van der Waals surface area contributed by atoms with Gasteiger partial charge in [0, 0.05) is 12.1 Å². The van der Waals surface area contributed by atoms with Crippen molar-refractivity contribution in [3.05, 3.63) is 101 Å². The normalized spacial score (nSPS) is 12.8. The van der Waals surface area contributed by atoms with E-state index in [4.69, 9.17) is 0 Å². The number of hydrogen-bond donors (Lipinski definition) is 1. The molecule has 5 nitrogen and oxygen atoms in total. The van der Waals surface area contributed by atoms with E-state index in [1.807, 2.05) is 49.4 Å². The number of benzene rings is 3. The van der Waals surface area contributed by atoms with Crippen LogP contribution >= 0.6 is 0 Å². The second-order valence-corrected chi connectivity index (χ2v) is 6.66. The third kappa shape index (κ3) is 3.07. The topological polar surface area (TPSA) is 66.5 Å². The Bertz CT molecular complexity index is 1090. The van der Waals surface area contributed by atoms with Crippen LogP contribution in [0.3, 0.4) is 0 Å². The monoisotopic (exact) mass is 370 g/mol. The van der Waals surface area contributed by atoms with Crippen molar-refractivity contribution < 1.29 is 14.4 Å². The minimum Gasteiger partial charge on any atom is -0.348 e. The summed E-state index contributed by atoms with van der Waals surface area (Å²) < 4.78 is 0. The Labute approximate surface area is 162 Å². The summed E-state index contributed by atoms with van der Waals surface area (Å²) in [6, 6.07) is 21.4. The van der Waals surface area contributed by atoms with Gasteiger partial charge in [0.1, 0.15) is 0 Å². The van der Waals surface area contributed by atoms with Crippen LogP contribution in [0, 0.1) is 6.92 Å². The number of fused-ring (bicyclic) bond motifs is 1. The largest absolute Gasteiger partial charge is 0.348 e. The molecule has 0 saturated carbocycles. The van der Waals surface area contributed by atoms with E-state index >= 15 is 0 Å². The van der Waals surface area contributed by atoms with Gasteiger partial charge in [-0.25, -0.2) is 4.90 Å². The number of hydrogen-bond acceptors (Lipinski definition) is 3. The van der Waals surface area contributed by atoms with Gasteiger partial charge in [0.2, 0.25) is 0 Å². The first-order chi connectivity index (χ1) is 13.6.